The molecule has 1 unspecified atom stereocenters. The average molecular weight is 1100 g/mol. The molecule has 18 nitrogen and oxygen atoms in total. The van der Waals surface area contributed by atoms with E-state index in [9.17, 15) is 29.4 Å². The molecular weight excluding hydrogens is 1030 g/mol. The number of likely N-dealkylation sites (tertiary alicyclic amines) is 2. The smallest absolute Gasteiger partial charge is 0.409 e. The number of β-amino-alcohol motifs (C(OH)–C–C–N with tert-alkyl or cyclic N) is 1. The van der Waals surface area contributed by atoms with Crippen LogP contribution in [0.15, 0.2) is 59.5 Å². The van der Waals surface area contributed by atoms with Crippen molar-refractivity contribution in [3.05, 3.63) is 81.6 Å². The maximum absolute atomic E-state index is 17.1. The topological polar surface area (TPSA) is 201 Å². The Hall–Kier alpha value is -6.41. The Kier molecular flexibility index (Phi) is 13.2. The number of phenolic OH excluding ortho intramolecular Hbond substituents is 1. The molecule has 3 amide bonds. The Morgan fingerprint density at radius 3 is 2.49 bits per heavy atom. The van der Waals surface area contributed by atoms with Gasteiger partial charge in [0.15, 0.2) is 5.82 Å². The summed E-state index contributed by atoms with van der Waals surface area (Å²) in [6.45, 7) is 7.49. The quantitative estimate of drug-likeness (QED) is 0.112. The van der Waals surface area contributed by atoms with E-state index in [0.29, 0.717) is 95.5 Å². The first kappa shape index (κ1) is 52.0. The second-order valence-electron chi connectivity index (χ2n) is 24.2. The number of carbonyl (C=O) groups excluding carboxylic acids is 3. The van der Waals surface area contributed by atoms with Crippen LogP contribution in [0.2, 0.25) is 5.02 Å². The lowest BCUT2D eigenvalue weighted by Gasteiger charge is -2.56. The van der Waals surface area contributed by atoms with Gasteiger partial charge < -0.3 is 34.4 Å². The van der Waals surface area contributed by atoms with Gasteiger partial charge in [-0.25, -0.2) is 14.0 Å². The van der Waals surface area contributed by atoms with Crippen molar-refractivity contribution < 1.29 is 38.5 Å². The zero-order chi connectivity index (χ0) is 54.5. The molecule has 3 N–H and O–H groups in total. The minimum atomic E-state index is -0.978. The van der Waals surface area contributed by atoms with E-state index in [4.69, 9.17) is 31.0 Å². The largest absolute Gasteiger partial charge is 0.508 e. The highest BCUT2D eigenvalue weighted by molar-refractivity contribution is 6.36. The minimum absolute atomic E-state index is 0.0133. The van der Waals surface area contributed by atoms with Crippen molar-refractivity contribution in [1.29, 1.82) is 0 Å². The monoisotopic (exact) mass is 1100 g/mol. The number of aromatic nitrogens is 5. The molecule has 7 aliphatic rings. The number of aryl methyl sites for hydroxylation is 1. The molecule has 4 atom stereocenters. The normalized spacial score (nSPS) is 26.1. The molecule has 3 aromatic heterocycles. The molecule has 0 radical (unpaired) electrons. The van der Waals surface area contributed by atoms with Crippen molar-refractivity contribution in [2.45, 2.75) is 132 Å². The van der Waals surface area contributed by atoms with Crippen LogP contribution in [0, 0.1) is 11.2 Å². The predicted octanol–water partition coefficient (Wildman–Crippen LogP) is 7.96. The number of fused-ring (bicyclic) bond motifs is 4. The predicted molar refractivity (Wildman–Crippen MR) is 296 cm³/mol. The molecule has 9 heterocycles. The van der Waals surface area contributed by atoms with Crippen molar-refractivity contribution in [2.75, 3.05) is 63.9 Å². The molecule has 6 saturated heterocycles. The number of aromatic hydroxyl groups is 1. The number of imidazole rings is 1. The summed E-state index contributed by atoms with van der Waals surface area (Å²) in [4.78, 5) is 74.7. The molecule has 1 aliphatic carbocycles. The molecule has 1 saturated carbocycles. The number of carbonyl (C=O) groups is 3. The fraction of sp³-hybridized carbons (Fsp3) is 0.542. The first-order chi connectivity index (χ1) is 38.0. The van der Waals surface area contributed by atoms with Gasteiger partial charge in [-0.15, -0.1) is 0 Å². The van der Waals surface area contributed by atoms with Crippen LogP contribution < -0.4 is 20.6 Å². The number of anilines is 1. The number of pyridine rings is 1. The highest BCUT2D eigenvalue weighted by atomic mass is 35.5. The fourth-order valence-electron chi connectivity index (χ4n) is 14.9. The number of hydrogen-bond acceptors (Lipinski definition) is 14. The van der Waals surface area contributed by atoms with Crippen molar-refractivity contribution in [3.63, 3.8) is 0 Å². The van der Waals surface area contributed by atoms with E-state index < -0.39 is 23.4 Å². The molecule has 20 heteroatoms. The summed E-state index contributed by atoms with van der Waals surface area (Å²) in [6, 6.07) is 14.4. The van der Waals surface area contributed by atoms with Gasteiger partial charge in [-0.2, -0.15) is 9.97 Å². The molecule has 3 aromatic carbocycles. The van der Waals surface area contributed by atoms with Crippen molar-refractivity contribution in [1.82, 2.24) is 44.1 Å². The second kappa shape index (κ2) is 20.0. The molecule has 416 valence electrons. The molecule has 79 heavy (non-hydrogen) atoms. The number of amides is 3. The molecule has 0 bridgehead atoms. The number of rotatable bonds is 10. The van der Waals surface area contributed by atoms with Crippen LogP contribution in [0.25, 0.3) is 44.0 Å². The third-order valence-electron chi connectivity index (χ3n) is 19.3. The number of piperidine rings is 4. The standard InChI is InChI=1S/C59H68ClFN10O8/c1-57(77)15-4-20-69(33-57)52-42-31-62-50(41-28-40(72)26-37-6-3-7-43(60)48(37)41)49(61)51(42)64-54(65-52)79-34-59-16-5-21-70(59)38(12-17-59)32-78-56(76)68-24-18-58(19-25-68)29-39(30-58)67-22-13-35(14-23-67)36-8-9-44-46(27-36)66(2)55(75)71(44)45-10-11-47(73)63-53(45)74/h3,6-9,26-28,31,35,38-39,45,72,77H,4-5,10-25,29-30,32-34H2,1-2H3,(H,63,73,74)/t38-,45?,57+,59-/m0/s1. The van der Waals surface area contributed by atoms with Crippen LogP contribution in [0.3, 0.4) is 0 Å². The summed E-state index contributed by atoms with van der Waals surface area (Å²) < 4.78 is 33.0. The van der Waals surface area contributed by atoms with Crippen molar-refractivity contribution >= 4 is 68.0 Å². The molecular formula is C59H68ClFN10O8. The van der Waals surface area contributed by atoms with Gasteiger partial charge in [-0.3, -0.25) is 33.9 Å². The summed E-state index contributed by atoms with van der Waals surface area (Å²) >= 11 is 6.67. The van der Waals surface area contributed by atoms with E-state index in [1.165, 1.54) is 11.6 Å². The van der Waals surface area contributed by atoms with Gasteiger partial charge in [0, 0.05) is 73.9 Å². The van der Waals surface area contributed by atoms with Crippen molar-refractivity contribution in [3.8, 4) is 23.0 Å². The molecule has 6 aliphatic heterocycles. The Labute approximate surface area is 461 Å². The number of halogens is 2. The summed E-state index contributed by atoms with van der Waals surface area (Å²) in [7, 11) is 1.75. The lowest BCUT2D eigenvalue weighted by atomic mass is 9.59. The van der Waals surface area contributed by atoms with Crippen LogP contribution in [0.4, 0.5) is 15.0 Å². The van der Waals surface area contributed by atoms with Gasteiger partial charge in [-0.1, -0.05) is 29.8 Å². The third kappa shape index (κ3) is 9.35. The van der Waals surface area contributed by atoms with Gasteiger partial charge in [0.1, 0.15) is 42.0 Å². The number of benzene rings is 3. The number of imide groups is 1. The van der Waals surface area contributed by atoms with Crippen LogP contribution in [0.1, 0.15) is 114 Å². The Balaban J connectivity index is 0.616. The average Bonchev–Trinajstić information content (AvgIpc) is 4.19. The Bertz CT molecular complexity index is 3490. The molecule has 6 aromatic rings. The third-order valence-corrected chi connectivity index (χ3v) is 19.6. The van der Waals surface area contributed by atoms with Crippen LogP contribution >= 0.6 is 11.6 Å². The van der Waals surface area contributed by atoms with E-state index in [1.54, 1.807) is 53.6 Å². The second-order valence-corrected chi connectivity index (χ2v) is 24.6. The number of ether oxygens (including phenoxy) is 2. The SMILES string of the molecule is Cn1c(=O)n(C2CCC(=O)NC2=O)c2ccc(C3CCN(C4CC5(CCN(C(=O)OC[C@@H]6CC[C@]7(COc8nc(N9CCC[C@@](C)(O)C9)c9cnc(-c%10cc(O)cc%11cccc(Cl)c%10%11)c(F)c9n8)CCCN67)CC5)C4)CC3)cc21. The lowest BCUT2D eigenvalue weighted by molar-refractivity contribution is -0.135. The molecule has 13 rings (SSSR count). The van der Waals surface area contributed by atoms with E-state index in [-0.39, 0.29) is 77.2 Å². The number of nitrogens with one attached hydrogen (secondary N) is 1. The Morgan fingerprint density at radius 1 is 0.911 bits per heavy atom. The fourth-order valence-corrected chi connectivity index (χ4v) is 15.2. The number of aliphatic hydroxyl groups is 1. The van der Waals surface area contributed by atoms with Crippen LogP contribution in [0.5, 0.6) is 11.8 Å². The zero-order valence-corrected chi connectivity index (χ0v) is 45.6. The van der Waals surface area contributed by atoms with E-state index in [1.807, 2.05) is 15.9 Å². The zero-order valence-electron chi connectivity index (χ0n) is 44.9. The van der Waals surface area contributed by atoms with E-state index >= 15 is 4.39 Å². The highest BCUT2D eigenvalue weighted by Crippen LogP contribution is 2.52. The summed E-state index contributed by atoms with van der Waals surface area (Å²) in [6.07, 6.45) is 13.0. The summed E-state index contributed by atoms with van der Waals surface area (Å²) in [5, 5.41) is 26.2. The summed E-state index contributed by atoms with van der Waals surface area (Å²) in [5.41, 5.74) is 1.75. The van der Waals surface area contributed by atoms with E-state index in [0.717, 1.165) is 89.4 Å². The first-order valence-corrected chi connectivity index (χ1v) is 28.8. The maximum atomic E-state index is 17.1. The van der Waals surface area contributed by atoms with E-state index in [2.05, 4.69) is 32.2 Å². The lowest BCUT2D eigenvalue weighted by Crippen LogP contribution is -2.56. The first-order valence-electron chi connectivity index (χ1n) is 28.4. The maximum Gasteiger partial charge on any atom is 0.409 e. The van der Waals surface area contributed by atoms with Gasteiger partial charge in [0.25, 0.3) is 0 Å². The molecule has 7 fully saturated rings. The number of nitrogens with zero attached hydrogens (tertiary/aromatic N) is 9. The van der Waals surface area contributed by atoms with Gasteiger partial charge >= 0.3 is 17.8 Å². The van der Waals surface area contributed by atoms with Gasteiger partial charge in [-0.05, 0) is 163 Å². The Morgan fingerprint density at radius 2 is 1.71 bits per heavy atom. The van der Waals surface area contributed by atoms with Crippen molar-refractivity contribution in [2.24, 2.45) is 12.5 Å². The van der Waals surface area contributed by atoms with Gasteiger partial charge in [0.05, 0.1) is 27.6 Å². The number of hydrogen-bond donors (Lipinski definition) is 3. The van der Waals surface area contributed by atoms with Gasteiger partial charge in [0.2, 0.25) is 11.8 Å². The number of phenols is 1. The molecule has 1 spiro atoms. The highest BCUT2D eigenvalue weighted by Gasteiger charge is 2.52. The minimum Gasteiger partial charge on any atom is -0.508 e. The van der Waals surface area contributed by atoms with Crippen LogP contribution in [-0.4, -0.2) is 149 Å². The van der Waals surface area contributed by atoms with Crippen LogP contribution in [-0.2, 0) is 21.4 Å². The summed E-state index contributed by atoms with van der Waals surface area (Å²) in [5.74, 6) is -0.681.